The van der Waals surface area contributed by atoms with Gasteiger partial charge < -0.3 is 0 Å². The van der Waals surface area contributed by atoms with Gasteiger partial charge in [0, 0.05) is 13.2 Å². The monoisotopic (exact) mass is 398 g/mol. The molecular formula is C22H18N6O2. The Morgan fingerprint density at radius 2 is 1.47 bits per heavy atom. The lowest BCUT2D eigenvalue weighted by Gasteiger charge is -2.12. The van der Waals surface area contributed by atoms with Crippen molar-refractivity contribution in [1.29, 1.82) is 10.7 Å². The minimum atomic E-state index is -0.609. The summed E-state index contributed by atoms with van der Waals surface area (Å²) in [5.74, 6) is 0. The molecule has 4 rings (SSSR count). The van der Waals surface area contributed by atoms with Gasteiger partial charge in [0.15, 0.2) is 0 Å². The van der Waals surface area contributed by atoms with Crippen LogP contribution in [0.2, 0.25) is 0 Å². The van der Waals surface area contributed by atoms with E-state index in [9.17, 15) is 14.9 Å². The molecule has 0 radical (unpaired) electrons. The predicted octanol–water partition coefficient (Wildman–Crippen LogP) is 1.78. The predicted molar refractivity (Wildman–Crippen MR) is 111 cm³/mol. The third kappa shape index (κ3) is 2.81. The Kier molecular flexibility index (Phi) is 4.56. The Bertz CT molecular complexity index is 1470. The van der Waals surface area contributed by atoms with Gasteiger partial charge in [-0.1, -0.05) is 36.4 Å². The third-order valence-electron chi connectivity index (χ3n) is 5.03. The summed E-state index contributed by atoms with van der Waals surface area (Å²) >= 11 is 0. The van der Waals surface area contributed by atoms with Gasteiger partial charge >= 0.3 is 0 Å². The summed E-state index contributed by atoms with van der Waals surface area (Å²) in [5, 5.41) is 18.2. The van der Waals surface area contributed by atoms with Gasteiger partial charge in [0.2, 0.25) is 5.62 Å². The van der Waals surface area contributed by atoms with Crippen LogP contribution in [0, 0.1) is 23.7 Å². The molecule has 30 heavy (non-hydrogen) atoms. The number of benzene rings is 2. The SMILES string of the molecule is Cc1c(-n2cc(C#N)c(=O)n(-c3ccccc3)c2=N)c(=O)n(-c2ccccc2)n1C. The van der Waals surface area contributed by atoms with Gasteiger partial charge in [0.1, 0.15) is 17.3 Å². The third-order valence-corrected chi connectivity index (χ3v) is 5.03. The van der Waals surface area contributed by atoms with Crippen LogP contribution in [-0.4, -0.2) is 18.5 Å². The molecule has 0 amide bonds. The second-order valence-corrected chi connectivity index (χ2v) is 6.73. The van der Waals surface area contributed by atoms with Gasteiger partial charge in [-0.25, -0.2) is 9.25 Å². The van der Waals surface area contributed by atoms with Crippen LogP contribution in [0.4, 0.5) is 0 Å². The highest BCUT2D eigenvalue weighted by molar-refractivity contribution is 5.43. The number of para-hydroxylation sites is 2. The molecule has 2 heterocycles. The Labute approximate surface area is 171 Å². The van der Waals surface area contributed by atoms with Gasteiger partial charge in [-0.2, -0.15) is 5.26 Å². The van der Waals surface area contributed by atoms with Crippen molar-refractivity contribution in [3.8, 4) is 23.1 Å². The van der Waals surface area contributed by atoms with Crippen LogP contribution in [0.25, 0.3) is 17.1 Å². The van der Waals surface area contributed by atoms with E-state index in [4.69, 9.17) is 5.41 Å². The molecule has 2 aromatic carbocycles. The zero-order chi connectivity index (χ0) is 21.4. The zero-order valence-corrected chi connectivity index (χ0v) is 16.4. The molecule has 148 valence electrons. The molecule has 0 fully saturated rings. The number of aromatic nitrogens is 4. The molecule has 0 atom stereocenters. The molecule has 1 N–H and O–H groups in total. The minimum absolute atomic E-state index is 0.163. The summed E-state index contributed by atoms with van der Waals surface area (Å²) in [5.41, 5.74) is 0.541. The van der Waals surface area contributed by atoms with E-state index in [1.807, 2.05) is 36.4 Å². The fourth-order valence-electron chi connectivity index (χ4n) is 3.47. The highest BCUT2D eigenvalue weighted by Crippen LogP contribution is 2.13. The Balaban J connectivity index is 2.09. The maximum atomic E-state index is 13.4. The van der Waals surface area contributed by atoms with Gasteiger partial charge in [-0.05, 0) is 31.2 Å². The van der Waals surface area contributed by atoms with Crippen molar-refractivity contribution in [2.24, 2.45) is 7.05 Å². The van der Waals surface area contributed by atoms with Gasteiger partial charge in [-0.15, -0.1) is 0 Å². The molecule has 0 unspecified atom stereocenters. The lowest BCUT2D eigenvalue weighted by molar-refractivity contribution is 0.630. The first-order valence-corrected chi connectivity index (χ1v) is 9.19. The molecule has 0 saturated carbocycles. The van der Waals surface area contributed by atoms with Gasteiger partial charge in [-0.3, -0.25) is 24.2 Å². The Hall–Kier alpha value is -4.38. The van der Waals surface area contributed by atoms with E-state index in [-0.39, 0.29) is 22.4 Å². The minimum Gasteiger partial charge on any atom is -0.283 e. The van der Waals surface area contributed by atoms with Crippen molar-refractivity contribution in [3.63, 3.8) is 0 Å². The van der Waals surface area contributed by atoms with Crippen molar-refractivity contribution < 1.29 is 0 Å². The molecular weight excluding hydrogens is 380 g/mol. The van der Waals surface area contributed by atoms with Crippen molar-refractivity contribution in [1.82, 2.24) is 18.5 Å². The lowest BCUT2D eigenvalue weighted by Crippen LogP contribution is -2.40. The average molecular weight is 398 g/mol. The second-order valence-electron chi connectivity index (χ2n) is 6.73. The number of nitriles is 1. The summed E-state index contributed by atoms with van der Waals surface area (Å²) in [4.78, 5) is 26.2. The Morgan fingerprint density at radius 3 is 2.03 bits per heavy atom. The van der Waals surface area contributed by atoms with Crippen LogP contribution in [-0.2, 0) is 7.05 Å². The van der Waals surface area contributed by atoms with Crippen molar-refractivity contribution in [3.05, 3.63) is 104 Å². The maximum absolute atomic E-state index is 13.4. The number of nitrogens with one attached hydrogen (secondary N) is 1. The van der Waals surface area contributed by atoms with E-state index in [0.29, 0.717) is 17.1 Å². The first kappa shape index (κ1) is 19.0. The maximum Gasteiger partial charge on any atom is 0.296 e. The molecule has 0 spiro atoms. The number of rotatable bonds is 3. The molecule has 0 aliphatic heterocycles. The van der Waals surface area contributed by atoms with Gasteiger partial charge in [0.05, 0.1) is 17.1 Å². The molecule has 4 aromatic rings. The zero-order valence-electron chi connectivity index (χ0n) is 16.4. The van der Waals surface area contributed by atoms with Crippen LogP contribution in [0.3, 0.4) is 0 Å². The molecule has 0 saturated heterocycles. The molecule has 2 aromatic heterocycles. The smallest absolute Gasteiger partial charge is 0.283 e. The van der Waals surface area contributed by atoms with E-state index in [1.54, 1.807) is 49.0 Å². The second kappa shape index (κ2) is 7.22. The van der Waals surface area contributed by atoms with Gasteiger partial charge in [0.25, 0.3) is 11.1 Å². The van der Waals surface area contributed by atoms with E-state index >= 15 is 0 Å². The normalized spacial score (nSPS) is 10.7. The summed E-state index contributed by atoms with van der Waals surface area (Å²) in [7, 11) is 1.75. The Morgan fingerprint density at radius 1 is 0.900 bits per heavy atom. The van der Waals surface area contributed by atoms with E-state index in [2.05, 4.69) is 0 Å². The standard InChI is InChI=1S/C22H18N6O2/c1-15-19(21(30)28(25(15)2)18-11-7-4-8-12-18)26-14-16(13-23)20(29)27(22(26)24)17-9-5-3-6-10-17/h3-12,14,24H,1-2H3. The van der Waals surface area contributed by atoms with Crippen molar-refractivity contribution in [2.45, 2.75) is 6.92 Å². The van der Waals surface area contributed by atoms with Crippen molar-refractivity contribution in [2.75, 3.05) is 0 Å². The number of hydrogen-bond acceptors (Lipinski definition) is 4. The summed E-state index contributed by atoms with van der Waals surface area (Å²) in [6.45, 7) is 1.76. The largest absolute Gasteiger partial charge is 0.296 e. The summed E-state index contributed by atoms with van der Waals surface area (Å²) < 4.78 is 5.59. The van der Waals surface area contributed by atoms with E-state index in [0.717, 1.165) is 4.57 Å². The molecule has 8 nitrogen and oxygen atoms in total. The van der Waals surface area contributed by atoms with Crippen LogP contribution >= 0.6 is 0 Å². The van der Waals surface area contributed by atoms with Crippen LogP contribution in [0.1, 0.15) is 11.3 Å². The highest BCUT2D eigenvalue weighted by atomic mass is 16.1. The van der Waals surface area contributed by atoms with Crippen LogP contribution < -0.4 is 16.7 Å². The molecule has 0 aliphatic carbocycles. The number of hydrogen-bond donors (Lipinski definition) is 1. The fraction of sp³-hybridized carbons (Fsp3) is 0.0909. The van der Waals surface area contributed by atoms with E-state index in [1.165, 1.54) is 15.4 Å². The van der Waals surface area contributed by atoms with Crippen LogP contribution in [0.5, 0.6) is 0 Å². The topological polar surface area (TPSA) is 102 Å². The van der Waals surface area contributed by atoms with Crippen LogP contribution in [0.15, 0.2) is 76.4 Å². The fourth-order valence-corrected chi connectivity index (χ4v) is 3.47. The lowest BCUT2D eigenvalue weighted by atomic mass is 10.3. The molecule has 8 heteroatoms. The van der Waals surface area contributed by atoms with E-state index < -0.39 is 5.56 Å². The quantitative estimate of drug-likeness (QED) is 0.569. The molecule has 0 aliphatic rings. The highest BCUT2D eigenvalue weighted by Gasteiger charge is 2.21. The van der Waals surface area contributed by atoms with Crippen molar-refractivity contribution >= 4 is 0 Å². The number of nitrogens with zero attached hydrogens (tertiary/aromatic N) is 5. The summed E-state index contributed by atoms with van der Waals surface area (Å²) in [6, 6.07) is 19.6. The molecule has 0 bridgehead atoms. The first-order valence-electron chi connectivity index (χ1n) is 9.19. The summed E-state index contributed by atoms with van der Waals surface area (Å²) in [6.07, 6.45) is 1.25. The first-order chi connectivity index (χ1) is 14.5. The average Bonchev–Trinajstić information content (AvgIpc) is 2.98.